The van der Waals surface area contributed by atoms with Crippen LogP contribution in [0.4, 0.5) is 17.6 Å². The fourth-order valence-corrected chi connectivity index (χ4v) is 3.73. The van der Waals surface area contributed by atoms with E-state index in [0.717, 1.165) is 25.1 Å². The van der Waals surface area contributed by atoms with Gasteiger partial charge in [0.25, 0.3) is 5.91 Å². The van der Waals surface area contributed by atoms with Crippen LogP contribution in [-0.4, -0.2) is 63.4 Å². The van der Waals surface area contributed by atoms with Crippen molar-refractivity contribution >= 4 is 5.91 Å². The molecule has 6 nitrogen and oxygen atoms in total. The summed E-state index contributed by atoms with van der Waals surface area (Å²) in [5, 5.41) is 7.03. The summed E-state index contributed by atoms with van der Waals surface area (Å²) in [5.74, 6) is -1.55. The van der Waals surface area contributed by atoms with E-state index in [4.69, 9.17) is 0 Å². The van der Waals surface area contributed by atoms with E-state index >= 15 is 0 Å². The maximum atomic E-state index is 13.8. The molecule has 1 aliphatic rings. The molecule has 32 heavy (non-hydrogen) atoms. The number of aromatic nitrogens is 3. The van der Waals surface area contributed by atoms with E-state index in [1.807, 2.05) is 30.3 Å². The van der Waals surface area contributed by atoms with E-state index in [9.17, 15) is 22.4 Å². The van der Waals surface area contributed by atoms with Crippen molar-refractivity contribution in [1.82, 2.24) is 24.8 Å². The quantitative estimate of drug-likeness (QED) is 0.563. The van der Waals surface area contributed by atoms with Crippen LogP contribution in [0.15, 0.2) is 54.6 Å². The lowest BCUT2D eigenvalue weighted by atomic mass is 10.1. The molecule has 0 radical (unpaired) electrons. The number of halogens is 4. The van der Waals surface area contributed by atoms with Crippen molar-refractivity contribution in [3.63, 3.8) is 0 Å². The average molecular weight is 447 g/mol. The van der Waals surface area contributed by atoms with Crippen LogP contribution >= 0.6 is 0 Å². The average Bonchev–Trinajstić information content (AvgIpc) is 3.24. The number of amides is 1. The third kappa shape index (κ3) is 4.80. The monoisotopic (exact) mass is 447 g/mol. The van der Waals surface area contributed by atoms with Gasteiger partial charge in [-0.2, -0.15) is 13.2 Å². The van der Waals surface area contributed by atoms with E-state index in [1.165, 1.54) is 22.6 Å². The molecule has 10 heteroatoms. The molecule has 0 saturated carbocycles. The Balaban J connectivity index is 1.47. The molecule has 0 N–H and O–H groups in total. The molecular formula is C22H21F4N5O. The number of alkyl halides is 3. The predicted molar refractivity (Wildman–Crippen MR) is 109 cm³/mol. The lowest BCUT2D eigenvalue weighted by Crippen LogP contribution is -2.49. The van der Waals surface area contributed by atoms with Crippen molar-refractivity contribution in [2.45, 2.75) is 12.6 Å². The zero-order chi connectivity index (χ0) is 22.7. The van der Waals surface area contributed by atoms with Crippen LogP contribution in [0.25, 0.3) is 5.69 Å². The summed E-state index contributed by atoms with van der Waals surface area (Å²) in [6.45, 7) is 2.49. The lowest BCUT2D eigenvalue weighted by molar-refractivity contribution is -0.143. The zero-order valence-corrected chi connectivity index (χ0v) is 17.1. The van der Waals surface area contributed by atoms with Crippen LogP contribution < -0.4 is 0 Å². The van der Waals surface area contributed by atoms with Crippen molar-refractivity contribution in [2.24, 2.45) is 0 Å². The van der Waals surface area contributed by atoms with E-state index in [-0.39, 0.29) is 18.8 Å². The number of benzene rings is 2. The summed E-state index contributed by atoms with van der Waals surface area (Å²) in [6, 6.07) is 14.5. The Labute approximate surface area is 182 Å². The maximum Gasteiger partial charge on any atom is 0.435 e. The number of carbonyl (C=O) groups is 1. The SMILES string of the molecule is O=C(c1nnn(-c2cccc(F)c2)c1C(F)(F)F)N1CCN(CCc2ccccc2)CC1. The molecule has 168 valence electrons. The van der Waals surface area contributed by atoms with Gasteiger partial charge in [-0.05, 0) is 30.2 Å². The first-order chi connectivity index (χ1) is 15.3. The normalized spacial score (nSPS) is 15.2. The smallest absolute Gasteiger partial charge is 0.335 e. The van der Waals surface area contributed by atoms with E-state index in [2.05, 4.69) is 15.2 Å². The number of carbonyl (C=O) groups excluding carboxylic acids is 1. The van der Waals surface area contributed by atoms with Crippen molar-refractivity contribution in [1.29, 1.82) is 0 Å². The van der Waals surface area contributed by atoms with Gasteiger partial charge in [0.05, 0.1) is 5.69 Å². The molecule has 3 aromatic rings. The molecule has 4 rings (SSSR count). The van der Waals surface area contributed by atoms with E-state index in [1.54, 1.807) is 0 Å². The number of rotatable bonds is 5. The van der Waals surface area contributed by atoms with Crippen LogP contribution in [0.5, 0.6) is 0 Å². The topological polar surface area (TPSA) is 54.3 Å². The second-order valence-corrected chi connectivity index (χ2v) is 7.55. The van der Waals surface area contributed by atoms with Gasteiger partial charge in [-0.1, -0.05) is 41.6 Å². The third-order valence-electron chi connectivity index (χ3n) is 5.41. The highest BCUT2D eigenvalue weighted by Gasteiger charge is 2.43. The molecule has 0 bridgehead atoms. The summed E-state index contributed by atoms with van der Waals surface area (Å²) < 4.78 is 55.4. The molecule has 0 spiro atoms. The van der Waals surface area contributed by atoms with Gasteiger partial charge in [-0.25, -0.2) is 9.07 Å². The van der Waals surface area contributed by atoms with Gasteiger partial charge < -0.3 is 4.90 Å². The van der Waals surface area contributed by atoms with Crippen molar-refractivity contribution < 1.29 is 22.4 Å². The first-order valence-corrected chi connectivity index (χ1v) is 10.2. The molecule has 1 saturated heterocycles. The highest BCUT2D eigenvalue weighted by molar-refractivity contribution is 5.93. The molecule has 1 amide bonds. The molecule has 1 aliphatic heterocycles. The van der Waals surface area contributed by atoms with Crippen molar-refractivity contribution in [3.8, 4) is 5.69 Å². The van der Waals surface area contributed by atoms with E-state index < -0.39 is 29.3 Å². The lowest BCUT2D eigenvalue weighted by Gasteiger charge is -2.34. The van der Waals surface area contributed by atoms with Crippen LogP contribution in [0.3, 0.4) is 0 Å². The molecule has 1 aromatic heterocycles. The summed E-state index contributed by atoms with van der Waals surface area (Å²) in [6.07, 6.45) is -4.03. The molecule has 0 atom stereocenters. The Hall–Kier alpha value is -3.27. The Morgan fingerprint density at radius 3 is 2.34 bits per heavy atom. The largest absolute Gasteiger partial charge is 0.435 e. The van der Waals surface area contributed by atoms with Crippen LogP contribution in [0.2, 0.25) is 0 Å². The minimum atomic E-state index is -4.89. The van der Waals surface area contributed by atoms with Gasteiger partial charge in [0.15, 0.2) is 11.4 Å². The first kappa shape index (κ1) is 21.9. The molecular weight excluding hydrogens is 426 g/mol. The van der Waals surface area contributed by atoms with Crippen LogP contribution in [0, 0.1) is 5.82 Å². The molecule has 2 heterocycles. The number of nitrogens with zero attached hydrogens (tertiary/aromatic N) is 5. The molecule has 2 aromatic carbocycles. The van der Waals surface area contributed by atoms with Gasteiger partial charge in [0.1, 0.15) is 5.82 Å². The number of hydrogen-bond acceptors (Lipinski definition) is 4. The molecule has 0 aliphatic carbocycles. The highest BCUT2D eigenvalue weighted by atomic mass is 19.4. The number of piperazine rings is 1. The van der Waals surface area contributed by atoms with Gasteiger partial charge in [0, 0.05) is 32.7 Å². The molecule has 0 unspecified atom stereocenters. The summed E-state index contributed by atoms with van der Waals surface area (Å²) >= 11 is 0. The van der Waals surface area contributed by atoms with Gasteiger partial charge in [0.2, 0.25) is 0 Å². The second-order valence-electron chi connectivity index (χ2n) is 7.55. The number of hydrogen-bond donors (Lipinski definition) is 0. The van der Waals surface area contributed by atoms with Gasteiger partial charge in [-0.3, -0.25) is 9.69 Å². The fourth-order valence-electron chi connectivity index (χ4n) is 3.73. The van der Waals surface area contributed by atoms with Crippen LogP contribution in [-0.2, 0) is 12.6 Å². The van der Waals surface area contributed by atoms with Crippen LogP contribution in [0.1, 0.15) is 21.7 Å². The predicted octanol–water partition coefficient (Wildman–Crippen LogP) is 3.43. The van der Waals surface area contributed by atoms with Gasteiger partial charge >= 0.3 is 6.18 Å². The second kappa shape index (κ2) is 9.07. The summed E-state index contributed by atoms with van der Waals surface area (Å²) in [7, 11) is 0. The zero-order valence-electron chi connectivity index (χ0n) is 17.1. The third-order valence-corrected chi connectivity index (χ3v) is 5.41. The maximum absolute atomic E-state index is 13.8. The Morgan fingerprint density at radius 2 is 1.69 bits per heavy atom. The van der Waals surface area contributed by atoms with Crippen molar-refractivity contribution in [3.05, 3.63) is 77.4 Å². The standard InChI is InChI=1S/C22H21F4N5O/c23-17-7-4-8-18(15-17)31-20(22(24,25)26)19(27-28-31)21(32)30-13-11-29(12-14-30)10-9-16-5-2-1-3-6-16/h1-8,15H,9-14H2. The first-order valence-electron chi connectivity index (χ1n) is 10.2. The molecule has 1 fully saturated rings. The fraction of sp³-hybridized carbons (Fsp3) is 0.318. The minimum Gasteiger partial charge on any atom is -0.335 e. The highest BCUT2D eigenvalue weighted by Crippen LogP contribution is 2.33. The Bertz CT molecular complexity index is 1080. The van der Waals surface area contributed by atoms with Gasteiger partial charge in [-0.15, -0.1) is 5.10 Å². The summed E-state index contributed by atoms with van der Waals surface area (Å²) in [4.78, 5) is 16.4. The minimum absolute atomic E-state index is 0.158. The summed E-state index contributed by atoms with van der Waals surface area (Å²) in [5.41, 5.74) is -1.04. The van der Waals surface area contributed by atoms with E-state index in [0.29, 0.717) is 17.8 Å². The Kier molecular flexibility index (Phi) is 6.22. The Morgan fingerprint density at radius 1 is 0.969 bits per heavy atom. The van der Waals surface area contributed by atoms with Crippen molar-refractivity contribution in [2.75, 3.05) is 32.7 Å².